The zero-order valence-electron chi connectivity index (χ0n) is 17.9. The third-order valence-corrected chi connectivity index (χ3v) is 4.47. The highest BCUT2D eigenvalue weighted by atomic mass is 19.1. The largest absolute Gasteiger partial charge is 0.459 e. The summed E-state index contributed by atoms with van der Waals surface area (Å²) in [5, 5.41) is 0. The first-order chi connectivity index (χ1) is 15.1. The average molecular weight is 441 g/mol. The molecule has 0 aromatic heterocycles. The fraction of sp³-hybridized carbons (Fsp3) is 0.200. The van der Waals surface area contributed by atoms with E-state index in [9.17, 15) is 22.8 Å². The van der Waals surface area contributed by atoms with Crippen LogP contribution in [0.4, 0.5) is 18.9 Å². The molecule has 0 N–H and O–H groups in total. The van der Waals surface area contributed by atoms with Crippen molar-refractivity contribution in [2.45, 2.75) is 26.4 Å². The van der Waals surface area contributed by atoms with E-state index in [1.54, 1.807) is 51.1 Å². The Morgan fingerprint density at radius 2 is 1.44 bits per heavy atom. The first-order valence-electron chi connectivity index (χ1n) is 9.89. The Hall–Kier alpha value is -3.61. The third kappa shape index (κ3) is 5.35. The Balaban J connectivity index is 2.07. The molecule has 0 atom stereocenters. The van der Waals surface area contributed by atoms with E-state index in [-0.39, 0.29) is 11.3 Å². The third-order valence-electron chi connectivity index (χ3n) is 4.47. The summed E-state index contributed by atoms with van der Waals surface area (Å²) < 4.78 is 48.2. The standard InChI is InChI=1S/C25H22F3NO3/c1-25(2,3)32-22(30)15-29(24(31)23-20(27)12-7-13-21(23)28)17-9-6-8-16(14-17)18-10-4-5-11-19(18)26/h4-14H,15H2,1-3H3. The Kier molecular flexibility index (Phi) is 6.67. The van der Waals surface area contributed by atoms with Crippen molar-refractivity contribution in [3.63, 3.8) is 0 Å². The van der Waals surface area contributed by atoms with Crippen LogP contribution in [-0.2, 0) is 9.53 Å². The molecule has 0 aliphatic heterocycles. The maximum Gasteiger partial charge on any atom is 0.326 e. The van der Waals surface area contributed by atoms with Crippen LogP contribution in [0.1, 0.15) is 31.1 Å². The summed E-state index contributed by atoms with van der Waals surface area (Å²) in [6, 6.07) is 15.3. The van der Waals surface area contributed by atoms with Crippen LogP contribution in [0.5, 0.6) is 0 Å². The molecule has 0 radical (unpaired) electrons. The predicted octanol–water partition coefficient (Wildman–Crippen LogP) is 5.76. The van der Waals surface area contributed by atoms with E-state index in [0.29, 0.717) is 5.56 Å². The van der Waals surface area contributed by atoms with Gasteiger partial charge in [0, 0.05) is 11.3 Å². The second-order valence-corrected chi connectivity index (χ2v) is 8.10. The minimum atomic E-state index is -1.06. The number of carbonyl (C=O) groups excluding carboxylic acids is 2. The summed E-state index contributed by atoms with van der Waals surface area (Å²) in [5.41, 5.74) is -0.770. The Morgan fingerprint density at radius 1 is 0.844 bits per heavy atom. The van der Waals surface area contributed by atoms with E-state index >= 15 is 0 Å². The van der Waals surface area contributed by atoms with E-state index in [0.717, 1.165) is 23.1 Å². The molecular formula is C25H22F3NO3. The number of hydrogen-bond donors (Lipinski definition) is 0. The summed E-state index contributed by atoms with van der Waals surface area (Å²) in [6.45, 7) is 4.38. The molecule has 166 valence electrons. The molecule has 0 fully saturated rings. The monoisotopic (exact) mass is 441 g/mol. The van der Waals surface area contributed by atoms with E-state index in [4.69, 9.17) is 4.74 Å². The van der Waals surface area contributed by atoms with E-state index in [1.807, 2.05) is 0 Å². The van der Waals surface area contributed by atoms with Crippen molar-refractivity contribution in [3.05, 3.63) is 89.7 Å². The fourth-order valence-electron chi connectivity index (χ4n) is 3.16. The number of anilines is 1. The van der Waals surface area contributed by atoms with Crippen LogP contribution in [0.25, 0.3) is 11.1 Å². The molecule has 0 heterocycles. The Labute approximate surface area is 184 Å². The van der Waals surface area contributed by atoms with Gasteiger partial charge in [0.1, 0.15) is 35.2 Å². The molecule has 3 aromatic rings. The van der Waals surface area contributed by atoms with Crippen molar-refractivity contribution in [2.75, 3.05) is 11.4 Å². The molecule has 0 spiro atoms. The number of amides is 1. The van der Waals surface area contributed by atoms with E-state index in [2.05, 4.69) is 0 Å². The molecule has 7 heteroatoms. The molecule has 1 amide bonds. The molecule has 0 bridgehead atoms. The van der Waals surface area contributed by atoms with Gasteiger partial charge in [-0.1, -0.05) is 36.4 Å². The van der Waals surface area contributed by atoms with Gasteiger partial charge in [0.25, 0.3) is 5.91 Å². The lowest BCUT2D eigenvalue weighted by atomic mass is 10.0. The zero-order chi connectivity index (χ0) is 23.5. The van der Waals surface area contributed by atoms with Crippen LogP contribution in [0.2, 0.25) is 0 Å². The first-order valence-corrected chi connectivity index (χ1v) is 9.89. The highest BCUT2D eigenvalue weighted by Gasteiger charge is 2.28. The minimum absolute atomic E-state index is 0.157. The summed E-state index contributed by atoms with van der Waals surface area (Å²) >= 11 is 0. The number of halogens is 3. The number of esters is 1. The van der Waals surface area contributed by atoms with Gasteiger partial charge in [0.2, 0.25) is 0 Å². The molecule has 3 aromatic carbocycles. The summed E-state index contributed by atoms with van der Waals surface area (Å²) in [6.07, 6.45) is 0. The van der Waals surface area contributed by atoms with E-state index in [1.165, 1.54) is 18.2 Å². The van der Waals surface area contributed by atoms with Crippen LogP contribution in [0.3, 0.4) is 0 Å². The normalized spacial score (nSPS) is 11.2. The Bertz CT molecular complexity index is 1130. The van der Waals surface area contributed by atoms with Crippen molar-refractivity contribution in [1.82, 2.24) is 0 Å². The Morgan fingerprint density at radius 3 is 2.06 bits per heavy atom. The molecule has 0 aliphatic carbocycles. The van der Waals surface area contributed by atoms with Crippen molar-refractivity contribution < 1.29 is 27.5 Å². The van der Waals surface area contributed by atoms with Crippen LogP contribution in [-0.4, -0.2) is 24.0 Å². The quantitative estimate of drug-likeness (QED) is 0.473. The van der Waals surface area contributed by atoms with Crippen molar-refractivity contribution >= 4 is 17.6 Å². The smallest absolute Gasteiger partial charge is 0.326 e. The number of benzene rings is 3. The molecule has 0 unspecified atom stereocenters. The lowest BCUT2D eigenvalue weighted by molar-refractivity contribution is -0.152. The van der Waals surface area contributed by atoms with Crippen molar-refractivity contribution in [3.8, 4) is 11.1 Å². The molecule has 4 nitrogen and oxygen atoms in total. The number of rotatable bonds is 5. The lowest BCUT2D eigenvalue weighted by Gasteiger charge is -2.26. The van der Waals surface area contributed by atoms with Gasteiger partial charge in [0.15, 0.2) is 0 Å². The SMILES string of the molecule is CC(C)(C)OC(=O)CN(C(=O)c1c(F)cccc1F)c1cccc(-c2ccccc2F)c1. The number of nitrogens with zero attached hydrogens (tertiary/aromatic N) is 1. The molecular weight excluding hydrogens is 419 g/mol. The van der Waals surface area contributed by atoms with Gasteiger partial charge >= 0.3 is 5.97 Å². The molecule has 0 saturated carbocycles. The van der Waals surface area contributed by atoms with Gasteiger partial charge in [-0.25, -0.2) is 13.2 Å². The van der Waals surface area contributed by atoms with Gasteiger partial charge in [-0.3, -0.25) is 14.5 Å². The predicted molar refractivity (Wildman–Crippen MR) is 116 cm³/mol. The second kappa shape index (κ2) is 9.26. The molecule has 0 saturated heterocycles. The topological polar surface area (TPSA) is 46.6 Å². The summed E-state index contributed by atoms with van der Waals surface area (Å²) in [7, 11) is 0. The van der Waals surface area contributed by atoms with Crippen LogP contribution >= 0.6 is 0 Å². The van der Waals surface area contributed by atoms with Crippen LogP contribution in [0, 0.1) is 17.5 Å². The van der Waals surface area contributed by atoms with Crippen LogP contribution in [0.15, 0.2) is 66.7 Å². The fourth-order valence-corrected chi connectivity index (χ4v) is 3.16. The molecule has 0 aliphatic rings. The van der Waals surface area contributed by atoms with Gasteiger partial charge in [-0.05, 0) is 56.7 Å². The first kappa shape index (κ1) is 23.1. The summed E-state index contributed by atoms with van der Waals surface area (Å²) in [5.74, 6) is -4.42. The highest BCUT2D eigenvalue weighted by molar-refractivity contribution is 6.09. The van der Waals surface area contributed by atoms with Crippen molar-refractivity contribution in [1.29, 1.82) is 0 Å². The van der Waals surface area contributed by atoms with E-state index < -0.39 is 47.0 Å². The van der Waals surface area contributed by atoms with Crippen LogP contribution < -0.4 is 4.90 Å². The van der Waals surface area contributed by atoms with Gasteiger partial charge < -0.3 is 4.74 Å². The highest BCUT2D eigenvalue weighted by Crippen LogP contribution is 2.28. The van der Waals surface area contributed by atoms with Gasteiger partial charge in [-0.15, -0.1) is 0 Å². The zero-order valence-corrected chi connectivity index (χ0v) is 17.9. The lowest BCUT2D eigenvalue weighted by Crippen LogP contribution is -2.39. The van der Waals surface area contributed by atoms with Gasteiger partial charge in [-0.2, -0.15) is 0 Å². The maximum atomic E-state index is 14.3. The number of ether oxygens (including phenoxy) is 1. The van der Waals surface area contributed by atoms with Gasteiger partial charge in [0.05, 0.1) is 0 Å². The number of carbonyl (C=O) groups is 2. The maximum absolute atomic E-state index is 14.3. The number of hydrogen-bond acceptors (Lipinski definition) is 3. The second-order valence-electron chi connectivity index (χ2n) is 8.10. The average Bonchev–Trinajstić information content (AvgIpc) is 2.71. The summed E-state index contributed by atoms with van der Waals surface area (Å²) in [4.78, 5) is 26.6. The molecule has 32 heavy (non-hydrogen) atoms. The van der Waals surface area contributed by atoms with Crippen molar-refractivity contribution in [2.24, 2.45) is 0 Å². The molecule has 3 rings (SSSR count). The minimum Gasteiger partial charge on any atom is -0.459 e.